The molecule has 122 valence electrons. The highest BCUT2D eigenvalue weighted by molar-refractivity contribution is 5.92. The molecule has 0 fully saturated rings. The van der Waals surface area contributed by atoms with Crippen LogP contribution in [-0.4, -0.2) is 38.8 Å². The summed E-state index contributed by atoms with van der Waals surface area (Å²) in [5, 5.41) is 8.07. The normalized spacial score (nSPS) is 11.1. The van der Waals surface area contributed by atoms with Gasteiger partial charge in [0.05, 0.1) is 13.3 Å². The van der Waals surface area contributed by atoms with Crippen LogP contribution >= 0.6 is 0 Å². The summed E-state index contributed by atoms with van der Waals surface area (Å²) < 4.78 is 6.73. The summed E-state index contributed by atoms with van der Waals surface area (Å²) in [6.45, 7) is 3.73. The Labute approximate surface area is 138 Å². The summed E-state index contributed by atoms with van der Waals surface area (Å²) in [6.07, 6.45) is 1.50. The van der Waals surface area contributed by atoms with Gasteiger partial charge in [0, 0.05) is 17.0 Å². The molecule has 1 aromatic carbocycles. The Morgan fingerprint density at radius 1 is 1.29 bits per heavy atom. The molecule has 0 aliphatic rings. The van der Waals surface area contributed by atoms with Gasteiger partial charge in [0.25, 0.3) is 5.78 Å². The molecule has 0 aliphatic heterocycles. The van der Waals surface area contributed by atoms with E-state index in [1.165, 1.54) is 10.7 Å². The van der Waals surface area contributed by atoms with E-state index in [4.69, 9.17) is 4.74 Å². The van der Waals surface area contributed by atoms with Crippen molar-refractivity contribution < 1.29 is 9.53 Å². The van der Waals surface area contributed by atoms with Crippen LogP contribution in [0.2, 0.25) is 0 Å². The Balaban J connectivity index is 1.78. The fourth-order valence-electron chi connectivity index (χ4n) is 2.25. The third-order valence-electron chi connectivity index (χ3n) is 3.33. The molecule has 2 heterocycles. The largest absolute Gasteiger partial charge is 0.496 e. The van der Waals surface area contributed by atoms with Crippen LogP contribution in [0.25, 0.3) is 5.78 Å². The van der Waals surface area contributed by atoms with Gasteiger partial charge >= 0.3 is 5.91 Å². The van der Waals surface area contributed by atoms with Crippen LogP contribution in [0.5, 0.6) is 5.75 Å². The SMILES string of the molecule is COc1ccccc1/C=N\NC(=O)c1nc2nc(C)cc(C)n2n1. The van der Waals surface area contributed by atoms with Crippen LogP contribution in [0.4, 0.5) is 0 Å². The number of hydrogen-bond donors (Lipinski definition) is 1. The van der Waals surface area contributed by atoms with Crippen molar-refractivity contribution >= 4 is 17.9 Å². The first-order valence-corrected chi connectivity index (χ1v) is 7.26. The zero-order valence-electron chi connectivity index (χ0n) is 13.5. The van der Waals surface area contributed by atoms with Gasteiger partial charge in [-0.2, -0.15) is 10.1 Å². The zero-order chi connectivity index (χ0) is 17.1. The van der Waals surface area contributed by atoms with Crippen molar-refractivity contribution in [2.24, 2.45) is 5.10 Å². The Bertz CT molecular complexity index is 931. The maximum atomic E-state index is 12.1. The maximum absolute atomic E-state index is 12.1. The number of nitrogens with one attached hydrogen (secondary N) is 1. The summed E-state index contributed by atoms with van der Waals surface area (Å²) in [5.74, 6) is 0.542. The smallest absolute Gasteiger partial charge is 0.311 e. The first kappa shape index (κ1) is 15.6. The Hall–Kier alpha value is -3.29. The average molecular weight is 324 g/mol. The topological polar surface area (TPSA) is 93.8 Å². The highest BCUT2D eigenvalue weighted by Gasteiger charge is 2.14. The van der Waals surface area contributed by atoms with Crippen LogP contribution in [0.15, 0.2) is 35.4 Å². The van der Waals surface area contributed by atoms with E-state index in [0.29, 0.717) is 11.5 Å². The second-order valence-corrected chi connectivity index (χ2v) is 5.13. The Morgan fingerprint density at radius 3 is 2.88 bits per heavy atom. The van der Waals surface area contributed by atoms with Gasteiger partial charge in [-0.05, 0) is 32.0 Å². The summed E-state index contributed by atoms with van der Waals surface area (Å²) in [7, 11) is 1.57. The van der Waals surface area contributed by atoms with Gasteiger partial charge in [0.2, 0.25) is 5.82 Å². The number of hydrogen-bond acceptors (Lipinski definition) is 6. The molecule has 3 rings (SSSR count). The summed E-state index contributed by atoms with van der Waals surface area (Å²) >= 11 is 0. The average Bonchev–Trinajstić information content (AvgIpc) is 2.99. The number of para-hydroxylation sites is 1. The second kappa shape index (κ2) is 6.45. The fraction of sp³-hybridized carbons (Fsp3) is 0.188. The number of nitrogens with zero attached hydrogens (tertiary/aromatic N) is 5. The van der Waals surface area contributed by atoms with E-state index < -0.39 is 5.91 Å². The molecule has 0 saturated heterocycles. The predicted octanol–water partition coefficient (Wildman–Crippen LogP) is 1.51. The van der Waals surface area contributed by atoms with Crippen molar-refractivity contribution in [1.29, 1.82) is 0 Å². The standard InChI is InChI=1S/C16H16N6O2/c1-10-8-11(2)22-16(18-10)19-14(21-22)15(23)20-17-9-12-6-4-5-7-13(12)24-3/h4-9H,1-3H3,(H,20,23)/b17-9-. The molecular weight excluding hydrogens is 308 g/mol. The van der Waals surface area contributed by atoms with Crippen molar-refractivity contribution in [2.45, 2.75) is 13.8 Å². The lowest BCUT2D eigenvalue weighted by molar-refractivity contribution is 0.0945. The molecule has 0 atom stereocenters. The Kier molecular flexibility index (Phi) is 4.19. The van der Waals surface area contributed by atoms with E-state index in [0.717, 1.165) is 17.0 Å². The fourth-order valence-corrected chi connectivity index (χ4v) is 2.25. The highest BCUT2D eigenvalue weighted by Crippen LogP contribution is 2.14. The molecule has 8 heteroatoms. The van der Waals surface area contributed by atoms with Gasteiger partial charge in [-0.1, -0.05) is 12.1 Å². The lowest BCUT2D eigenvalue weighted by Crippen LogP contribution is -2.19. The molecule has 1 amide bonds. The number of benzene rings is 1. The van der Waals surface area contributed by atoms with Crippen LogP contribution in [0.3, 0.4) is 0 Å². The van der Waals surface area contributed by atoms with Crippen molar-refractivity contribution in [3.05, 3.63) is 53.1 Å². The van der Waals surface area contributed by atoms with Gasteiger partial charge in [-0.3, -0.25) is 4.79 Å². The molecule has 1 N–H and O–H groups in total. The van der Waals surface area contributed by atoms with Crippen LogP contribution in [0, 0.1) is 13.8 Å². The number of hydrazone groups is 1. The van der Waals surface area contributed by atoms with E-state index in [1.807, 2.05) is 44.2 Å². The lowest BCUT2D eigenvalue weighted by Gasteiger charge is -2.02. The molecule has 0 radical (unpaired) electrons. The summed E-state index contributed by atoms with van der Waals surface area (Å²) in [4.78, 5) is 20.5. The number of rotatable bonds is 4. The molecule has 0 spiro atoms. The lowest BCUT2D eigenvalue weighted by atomic mass is 10.2. The molecule has 0 aliphatic carbocycles. The number of amides is 1. The molecule has 0 bridgehead atoms. The maximum Gasteiger partial charge on any atom is 0.311 e. The minimum atomic E-state index is -0.510. The van der Waals surface area contributed by atoms with Gasteiger partial charge in [0.15, 0.2) is 0 Å². The van der Waals surface area contributed by atoms with E-state index in [1.54, 1.807) is 7.11 Å². The van der Waals surface area contributed by atoms with Crippen LogP contribution < -0.4 is 10.2 Å². The number of carbonyl (C=O) groups excluding carboxylic acids is 1. The summed E-state index contributed by atoms with van der Waals surface area (Å²) in [5.41, 5.74) is 4.81. The van der Waals surface area contributed by atoms with Gasteiger partial charge in [0.1, 0.15) is 5.75 Å². The molecule has 8 nitrogen and oxygen atoms in total. The molecular formula is C16H16N6O2. The van der Waals surface area contributed by atoms with Gasteiger partial charge < -0.3 is 4.74 Å². The number of methoxy groups -OCH3 is 1. The van der Waals surface area contributed by atoms with E-state index in [-0.39, 0.29) is 5.82 Å². The third-order valence-corrected chi connectivity index (χ3v) is 3.33. The predicted molar refractivity (Wildman–Crippen MR) is 88.3 cm³/mol. The molecule has 0 unspecified atom stereocenters. The number of ether oxygens (including phenoxy) is 1. The molecule has 2 aromatic heterocycles. The van der Waals surface area contributed by atoms with Crippen molar-refractivity contribution in [1.82, 2.24) is 25.0 Å². The van der Waals surface area contributed by atoms with Crippen LogP contribution in [-0.2, 0) is 0 Å². The minimum absolute atomic E-state index is 0.00776. The second-order valence-electron chi connectivity index (χ2n) is 5.13. The van der Waals surface area contributed by atoms with Crippen molar-refractivity contribution in [3.63, 3.8) is 0 Å². The van der Waals surface area contributed by atoms with E-state index in [9.17, 15) is 4.79 Å². The highest BCUT2D eigenvalue weighted by atomic mass is 16.5. The van der Waals surface area contributed by atoms with E-state index in [2.05, 4.69) is 25.6 Å². The number of aromatic nitrogens is 4. The van der Waals surface area contributed by atoms with Crippen molar-refractivity contribution in [2.75, 3.05) is 7.11 Å². The van der Waals surface area contributed by atoms with Crippen molar-refractivity contribution in [3.8, 4) is 5.75 Å². The molecule has 0 saturated carbocycles. The molecule has 24 heavy (non-hydrogen) atoms. The first-order chi connectivity index (χ1) is 11.6. The first-order valence-electron chi connectivity index (χ1n) is 7.26. The van der Waals surface area contributed by atoms with Gasteiger partial charge in [-0.25, -0.2) is 14.9 Å². The number of aryl methyl sites for hydroxylation is 2. The summed E-state index contributed by atoms with van der Waals surface area (Å²) in [6, 6.07) is 9.21. The minimum Gasteiger partial charge on any atom is -0.496 e. The zero-order valence-corrected chi connectivity index (χ0v) is 13.5. The number of fused-ring (bicyclic) bond motifs is 1. The monoisotopic (exact) mass is 324 g/mol. The van der Waals surface area contributed by atoms with Crippen LogP contribution in [0.1, 0.15) is 27.6 Å². The third kappa shape index (κ3) is 3.07. The quantitative estimate of drug-likeness (QED) is 0.580. The number of carbonyl (C=O) groups is 1. The Morgan fingerprint density at radius 2 is 2.08 bits per heavy atom. The van der Waals surface area contributed by atoms with E-state index >= 15 is 0 Å². The molecule has 3 aromatic rings. The van der Waals surface area contributed by atoms with Gasteiger partial charge in [-0.15, -0.1) is 5.10 Å².